The lowest BCUT2D eigenvalue weighted by Gasteiger charge is -2.13. The monoisotopic (exact) mass is 342 g/mol. The van der Waals surface area contributed by atoms with Gasteiger partial charge in [0.25, 0.3) is 0 Å². The normalized spacial score (nSPS) is 11.2. The van der Waals surface area contributed by atoms with Crippen LogP contribution in [0.1, 0.15) is 11.1 Å². The van der Waals surface area contributed by atoms with Crippen molar-refractivity contribution in [3.05, 3.63) is 59.7 Å². The fourth-order valence-corrected chi connectivity index (χ4v) is 2.00. The van der Waals surface area contributed by atoms with Crippen molar-refractivity contribution < 1.29 is 27.7 Å². The number of hydrogen-bond donors (Lipinski definition) is 1. The third-order valence-corrected chi connectivity index (χ3v) is 3.91. The highest BCUT2D eigenvalue weighted by Gasteiger charge is 2.31. The molecule has 6 nitrogen and oxygen atoms in total. The molecule has 0 spiro atoms. The Morgan fingerprint density at radius 2 is 1.14 bits per heavy atom. The summed E-state index contributed by atoms with van der Waals surface area (Å²) in [5, 5.41) is 0. The van der Waals surface area contributed by atoms with E-state index >= 15 is 0 Å². The van der Waals surface area contributed by atoms with E-state index in [1.807, 2.05) is 13.8 Å². The summed E-state index contributed by atoms with van der Waals surface area (Å²) in [7, 11) is -4.14. The van der Waals surface area contributed by atoms with E-state index in [2.05, 4.69) is 26.2 Å². The van der Waals surface area contributed by atoms with E-state index in [1.165, 1.54) is 0 Å². The van der Waals surface area contributed by atoms with Gasteiger partial charge in [-0.3, -0.25) is 0 Å². The van der Waals surface area contributed by atoms with Gasteiger partial charge in [-0.2, -0.15) is 0 Å². The van der Waals surface area contributed by atoms with Crippen LogP contribution in [0, 0.1) is 13.8 Å². The van der Waals surface area contributed by atoms with Crippen molar-refractivity contribution in [2.45, 2.75) is 13.8 Å². The third-order valence-electron chi connectivity index (χ3n) is 2.59. The lowest BCUT2D eigenvalue weighted by Crippen LogP contribution is -2.02. The number of aryl methyl sites for hydroxylation is 2. The quantitative estimate of drug-likeness (QED) is 0.261. The predicted octanol–water partition coefficient (Wildman–Crippen LogP) is 4.59. The average Bonchev–Trinajstić information content (AvgIpc) is 2.54. The van der Waals surface area contributed by atoms with Crippen molar-refractivity contribution in [1.82, 2.24) is 0 Å². The van der Waals surface area contributed by atoms with E-state index in [0.717, 1.165) is 11.1 Å². The zero-order valence-electron chi connectivity index (χ0n) is 12.0. The van der Waals surface area contributed by atoms with Crippen molar-refractivity contribution in [3.63, 3.8) is 0 Å². The first-order chi connectivity index (χ1) is 10.5. The fraction of sp³-hybridized carbons (Fsp3) is 0.143. The number of thiol groups is 1. The molecule has 0 heterocycles. The molecule has 0 aliphatic heterocycles. The molecular weight excluding hydrogens is 327 g/mol. The molecule has 0 amide bonds. The molecule has 2 aromatic carbocycles. The molecule has 2 aromatic rings. The van der Waals surface area contributed by atoms with Crippen molar-refractivity contribution in [2.24, 2.45) is 0 Å². The summed E-state index contributed by atoms with van der Waals surface area (Å²) < 4.78 is 25.8. The van der Waals surface area contributed by atoms with Gasteiger partial charge in [-0.15, -0.1) is 0 Å². The summed E-state index contributed by atoms with van der Waals surface area (Å²) in [6.45, 7) is 3.84. The molecule has 0 saturated carbocycles. The van der Waals surface area contributed by atoms with E-state index in [9.17, 15) is 4.57 Å². The Bertz CT molecular complexity index is 590. The van der Waals surface area contributed by atoms with Gasteiger partial charge in [0.2, 0.25) is 0 Å². The van der Waals surface area contributed by atoms with Crippen LogP contribution in [0.2, 0.25) is 0 Å². The van der Waals surface area contributed by atoms with Gasteiger partial charge in [-0.1, -0.05) is 44.7 Å². The van der Waals surface area contributed by atoms with Crippen LogP contribution >= 0.6 is 20.7 Å². The zero-order chi connectivity index (χ0) is 16.0. The van der Waals surface area contributed by atoms with Gasteiger partial charge in [0.1, 0.15) is 0 Å². The van der Waals surface area contributed by atoms with E-state index in [1.54, 1.807) is 48.5 Å². The van der Waals surface area contributed by atoms with Crippen LogP contribution in [0.3, 0.4) is 0 Å². The Balaban J connectivity index is 1.91. The zero-order valence-corrected chi connectivity index (χ0v) is 13.8. The fourth-order valence-electron chi connectivity index (χ4n) is 1.40. The number of hydrogen-bond acceptors (Lipinski definition) is 7. The molecule has 0 N–H and O–H groups in total. The van der Waals surface area contributed by atoms with Gasteiger partial charge in [0.05, 0.1) is 0 Å². The molecule has 0 fully saturated rings. The minimum atomic E-state index is -4.14. The topological polar surface area (TPSA) is 63.2 Å². The van der Waals surface area contributed by atoms with Gasteiger partial charge >= 0.3 is 7.82 Å². The van der Waals surface area contributed by atoms with E-state index in [4.69, 9.17) is 9.78 Å². The summed E-state index contributed by atoms with van der Waals surface area (Å²) in [5.41, 5.74) is 2.08. The second-order valence-electron chi connectivity index (χ2n) is 4.47. The second-order valence-corrected chi connectivity index (χ2v) is 6.32. The van der Waals surface area contributed by atoms with E-state index in [0.29, 0.717) is 11.5 Å². The standard InChI is InChI=1S/C14H15O6PS/c1-11-3-7-13(8-4-11)16-18-21(15,20-22)19-17-14-9-5-12(2)6-10-14/h3-10,22H,1-2H3. The van der Waals surface area contributed by atoms with Gasteiger partial charge in [-0.25, -0.2) is 8.54 Å². The largest absolute Gasteiger partial charge is 0.558 e. The second kappa shape index (κ2) is 7.67. The Labute approximate surface area is 134 Å². The van der Waals surface area contributed by atoms with E-state index < -0.39 is 7.82 Å². The number of rotatable bonds is 7. The number of phosphoric acid groups is 1. The SMILES string of the molecule is Cc1ccc(OOP(=O)(OS)OOc2ccc(C)cc2)cc1. The maximum atomic E-state index is 12.1. The van der Waals surface area contributed by atoms with Gasteiger partial charge in [-0.05, 0) is 51.0 Å². The Morgan fingerprint density at radius 3 is 1.45 bits per heavy atom. The Kier molecular flexibility index (Phi) is 5.88. The summed E-state index contributed by atoms with van der Waals surface area (Å²) in [6.07, 6.45) is 0. The molecule has 22 heavy (non-hydrogen) atoms. The van der Waals surface area contributed by atoms with Gasteiger partial charge in [0.15, 0.2) is 11.5 Å². The first kappa shape index (κ1) is 16.9. The molecule has 0 saturated heterocycles. The van der Waals surface area contributed by atoms with Gasteiger partial charge < -0.3 is 9.78 Å². The third kappa shape index (κ3) is 5.05. The van der Waals surface area contributed by atoms with Crippen LogP contribution in [-0.2, 0) is 17.9 Å². The van der Waals surface area contributed by atoms with Crippen molar-refractivity contribution in [1.29, 1.82) is 0 Å². The Morgan fingerprint density at radius 1 is 0.773 bits per heavy atom. The smallest absolute Gasteiger partial charge is 0.327 e. The molecular formula is C14H15O6PS. The Hall–Kier alpha value is -1.50. The minimum Gasteiger partial charge on any atom is -0.327 e. The summed E-state index contributed by atoms with van der Waals surface area (Å²) in [5.74, 6) is 0.658. The van der Waals surface area contributed by atoms with Crippen LogP contribution in [0.15, 0.2) is 48.5 Å². The highest BCUT2D eigenvalue weighted by Crippen LogP contribution is 2.51. The van der Waals surface area contributed by atoms with Crippen molar-refractivity contribution in [3.8, 4) is 11.5 Å². The van der Waals surface area contributed by atoms with Crippen LogP contribution in [-0.4, -0.2) is 0 Å². The molecule has 8 heteroatoms. The van der Waals surface area contributed by atoms with E-state index in [-0.39, 0.29) is 0 Å². The van der Waals surface area contributed by atoms with Crippen molar-refractivity contribution in [2.75, 3.05) is 0 Å². The first-order valence-corrected chi connectivity index (χ1v) is 8.12. The maximum Gasteiger partial charge on any atom is 0.558 e. The first-order valence-electron chi connectivity index (χ1n) is 6.30. The summed E-state index contributed by atoms with van der Waals surface area (Å²) in [6, 6.07) is 13.8. The molecule has 0 atom stereocenters. The van der Waals surface area contributed by atoms with Crippen LogP contribution < -0.4 is 9.78 Å². The molecule has 0 bridgehead atoms. The lowest BCUT2D eigenvalue weighted by atomic mass is 10.2. The van der Waals surface area contributed by atoms with Gasteiger partial charge in [0, 0.05) is 0 Å². The summed E-state index contributed by atoms with van der Waals surface area (Å²) in [4.78, 5) is 9.77. The molecule has 2 rings (SSSR count). The minimum absolute atomic E-state index is 0.329. The molecule has 0 aliphatic rings. The predicted molar refractivity (Wildman–Crippen MR) is 83.5 cm³/mol. The molecule has 0 unspecified atom stereocenters. The van der Waals surface area contributed by atoms with Crippen LogP contribution in [0.4, 0.5) is 0 Å². The molecule has 0 aromatic heterocycles. The maximum absolute atomic E-state index is 12.1. The molecule has 118 valence electrons. The van der Waals surface area contributed by atoms with Crippen molar-refractivity contribution >= 4 is 20.7 Å². The summed E-state index contributed by atoms with van der Waals surface area (Å²) >= 11 is 3.45. The van der Waals surface area contributed by atoms with Crippen LogP contribution in [0.25, 0.3) is 0 Å². The molecule has 0 radical (unpaired) electrons. The average molecular weight is 342 g/mol. The van der Waals surface area contributed by atoms with Crippen LogP contribution in [0.5, 0.6) is 11.5 Å². The highest BCUT2D eigenvalue weighted by atomic mass is 32.1. The number of benzene rings is 2. The molecule has 0 aliphatic carbocycles. The highest BCUT2D eigenvalue weighted by molar-refractivity contribution is 7.80. The lowest BCUT2D eigenvalue weighted by molar-refractivity contribution is -0.184.